The van der Waals surface area contributed by atoms with Crippen LogP contribution in [0, 0.1) is 6.92 Å². The van der Waals surface area contributed by atoms with Gasteiger partial charge in [-0.25, -0.2) is 0 Å². The van der Waals surface area contributed by atoms with Gasteiger partial charge in [0.15, 0.2) is 0 Å². The lowest BCUT2D eigenvalue weighted by Crippen LogP contribution is -2.08. The number of hydrogen-bond donors (Lipinski definition) is 1. The molecule has 0 saturated heterocycles. The number of aromatic nitrogens is 1. The average Bonchev–Trinajstić information content (AvgIpc) is 2.62. The summed E-state index contributed by atoms with van der Waals surface area (Å²) in [5.74, 6) is -0.121. The van der Waals surface area contributed by atoms with Crippen LogP contribution in [0.15, 0.2) is 28.9 Å². The fourth-order valence-electron chi connectivity index (χ4n) is 1.70. The number of hydrogen-bond acceptors (Lipinski definition) is 3. The first-order chi connectivity index (χ1) is 7.91. The molecular weight excluding hydrogens is 233 g/mol. The molecule has 0 unspecified atom stereocenters. The Balaban J connectivity index is 2.73. The number of benzene rings is 1. The third-order valence-electron chi connectivity index (χ3n) is 2.45. The maximum atomic E-state index is 12.9. The predicted octanol–water partition coefficient (Wildman–Crippen LogP) is 3.25. The van der Waals surface area contributed by atoms with Gasteiger partial charge in [-0.1, -0.05) is 17.3 Å². The maximum absolute atomic E-state index is 12.9. The van der Waals surface area contributed by atoms with Gasteiger partial charge in [-0.3, -0.25) is 0 Å². The van der Waals surface area contributed by atoms with Gasteiger partial charge in [0.2, 0.25) is 5.88 Å². The Labute approximate surface area is 95.0 Å². The number of rotatable bonds is 1. The Kier molecular flexibility index (Phi) is 2.57. The molecule has 0 amide bonds. The molecular formula is C11H9F3N2O. The molecule has 3 nitrogen and oxygen atoms in total. The minimum atomic E-state index is -4.44. The van der Waals surface area contributed by atoms with Crippen molar-refractivity contribution in [3.05, 3.63) is 35.5 Å². The van der Waals surface area contributed by atoms with E-state index in [1.807, 2.05) is 0 Å². The summed E-state index contributed by atoms with van der Waals surface area (Å²) in [4.78, 5) is 0. The summed E-state index contributed by atoms with van der Waals surface area (Å²) in [6, 6.07) is 3.94. The highest BCUT2D eigenvalue weighted by Crippen LogP contribution is 2.40. The van der Waals surface area contributed by atoms with E-state index >= 15 is 0 Å². The van der Waals surface area contributed by atoms with Gasteiger partial charge >= 0.3 is 6.18 Å². The molecule has 1 aromatic heterocycles. The normalized spacial score (nSPS) is 11.8. The summed E-state index contributed by atoms with van der Waals surface area (Å²) >= 11 is 0. The molecule has 1 heterocycles. The summed E-state index contributed by atoms with van der Waals surface area (Å²) in [5.41, 5.74) is 5.36. The lowest BCUT2D eigenvalue weighted by Gasteiger charge is -2.13. The van der Waals surface area contributed by atoms with Gasteiger partial charge in [0.1, 0.15) is 0 Å². The van der Waals surface area contributed by atoms with Crippen molar-refractivity contribution in [3.8, 4) is 11.1 Å². The third-order valence-corrected chi connectivity index (χ3v) is 2.45. The quantitative estimate of drug-likeness (QED) is 0.835. The number of anilines is 1. The fraction of sp³-hybridized carbons (Fsp3) is 0.182. The van der Waals surface area contributed by atoms with Gasteiger partial charge in [-0.2, -0.15) is 13.2 Å². The van der Waals surface area contributed by atoms with E-state index in [2.05, 4.69) is 9.68 Å². The summed E-state index contributed by atoms with van der Waals surface area (Å²) in [7, 11) is 0. The highest BCUT2D eigenvalue weighted by Gasteiger charge is 2.35. The molecule has 6 heteroatoms. The van der Waals surface area contributed by atoms with Crippen molar-refractivity contribution in [3.63, 3.8) is 0 Å². The Hall–Kier alpha value is -1.98. The van der Waals surface area contributed by atoms with E-state index in [9.17, 15) is 13.2 Å². The molecule has 0 atom stereocenters. The average molecular weight is 242 g/mol. The number of nitrogens with two attached hydrogens (primary N) is 1. The van der Waals surface area contributed by atoms with Crippen molar-refractivity contribution in [2.24, 2.45) is 0 Å². The molecule has 0 saturated carbocycles. The molecule has 0 aliphatic carbocycles. The van der Waals surface area contributed by atoms with Gasteiger partial charge in [-0.05, 0) is 18.6 Å². The van der Waals surface area contributed by atoms with Gasteiger partial charge < -0.3 is 10.3 Å². The zero-order valence-corrected chi connectivity index (χ0v) is 8.88. The van der Waals surface area contributed by atoms with Crippen LogP contribution in [0.4, 0.5) is 19.1 Å². The molecule has 0 aliphatic heterocycles. The number of nitrogen functional groups attached to an aromatic ring is 1. The largest absolute Gasteiger partial charge is 0.417 e. The Morgan fingerprint density at radius 2 is 2.00 bits per heavy atom. The predicted molar refractivity (Wildman–Crippen MR) is 56.1 cm³/mol. The van der Waals surface area contributed by atoms with Gasteiger partial charge in [0.05, 0.1) is 17.3 Å². The van der Waals surface area contributed by atoms with Crippen LogP contribution in [-0.2, 0) is 6.18 Å². The number of aryl methyl sites for hydroxylation is 1. The van der Waals surface area contributed by atoms with Crippen LogP contribution in [0.3, 0.4) is 0 Å². The second-order valence-corrected chi connectivity index (χ2v) is 3.60. The Morgan fingerprint density at radius 1 is 1.29 bits per heavy atom. The first-order valence-electron chi connectivity index (χ1n) is 4.78. The molecule has 0 bridgehead atoms. The van der Waals surface area contributed by atoms with E-state index in [1.165, 1.54) is 12.3 Å². The highest BCUT2D eigenvalue weighted by atomic mass is 19.4. The first kappa shape index (κ1) is 11.5. The summed E-state index contributed by atoms with van der Waals surface area (Å²) in [6.45, 7) is 1.58. The highest BCUT2D eigenvalue weighted by molar-refractivity contribution is 5.77. The fourth-order valence-corrected chi connectivity index (χ4v) is 1.70. The van der Waals surface area contributed by atoms with Crippen molar-refractivity contribution in [2.75, 3.05) is 5.73 Å². The first-order valence-corrected chi connectivity index (χ1v) is 4.78. The molecule has 0 radical (unpaired) electrons. The monoisotopic (exact) mass is 242 g/mol. The molecule has 2 N–H and O–H groups in total. The van der Waals surface area contributed by atoms with Crippen molar-refractivity contribution < 1.29 is 17.7 Å². The van der Waals surface area contributed by atoms with E-state index in [4.69, 9.17) is 5.73 Å². The number of alkyl halides is 3. The van der Waals surface area contributed by atoms with Crippen molar-refractivity contribution in [1.82, 2.24) is 5.16 Å². The number of halogens is 3. The van der Waals surface area contributed by atoms with Crippen LogP contribution in [-0.4, -0.2) is 5.16 Å². The van der Waals surface area contributed by atoms with Crippen LogP contribution in [0.1, 0.15) is 11.1 Å². The van der Waals surface area contributed by atoms with E-state index < -0.39 is 11.7 Å². The van der Waals surface area contributed by atoms with Crippen molar-refractivity contribution in [1.29, 1.82) is 0 Å². The molecule has 0 spiro atoms. The molecule has 17 heavy (non-hydrogen) atoms. The van der Waals surface area contributed by atoms with E-state index in [0.29, 0.717) is 5.56 Å². The zero-order chi connectivity index (χ0) is 12.6. The van der Waals surface area contributed by atoms with Gasteiger partial charge in [0.25, 0.3) is 0 Å². The van der Waals surface area contributed by atoms with Crippen molar-refractivity contribution in [2.45, 2.75) is 13.1 Å². The van der Waals surface area contributed by atoms with Crippen LogP contribution in [0.25, 0.3) is 11.1 Å². The summed E-state index contributed by atoms with van der Waals surface area (Å²) in [5, 5.41) is 3.40. The standard InChI is InChI=1S/C11H9F3N2O/c1-6-3-2-4-8(11(12,13)14)9(6)7-5-16-17-10(7)15/h2-5H,15H2,1H3. The smallest absolute Gasteiger partial charge is 0.367 e. The SMILES string of the molecule is Cc1cccc(C(F)(F)F)c1-c1cnoc1N. The zero-order valence-electron chi connectivity index (χ0n) is 8.88. The Bertz CT molecular complexity index is 546. The second kappa shape index (κ2) is 3.80. The molecule has 1 aromatic carbocycles. The second-order valence-electron chi connectivity index (χ2n) is 3.60. The lowest BCUT2D eigenvalue weighted by atomic mass is 9.96. The van der Waals surface area contributed by atoms with Crippen LogP contribution < -0.4 is 5.73 Å². The summed E-state index contributed by atoms with van der Waals surface area (Å²) in [6.07, 6.45) is -3.25. The molecule has 0 fully saturated rings. The molecule has 2 aromatic rings. The van der Waals surface area contributed by atoms with E-state index in [-0.39, 0.29) is 17.0 Å². The maximum Gasteiger partial charge on any atom is 0.417 e. The van der Waals surface area contributed by atoms with Crippen molar-refractivity contribution >= 4 is 5.88 Å². The van der Waals surface area contributed by atoms with Crippen LogP contribution >= 0.6 is 0 Å². The Morgan fingerprint density at radius 3 is 2.53 bits per heavy atom. The van der Waals surface area contributed by atoms with Gasteiger partial charge in [0, 0.05) is 5.56 Å². The van der Waals surface area contributed by atoms with Crippen LogP contribution in [0.2, 0.25) is 0 Å². The topological polar surface area (TPSA) is 52.0 Å². The number of nitrogens with zero attached hydrogens (tertiary/aromatic N) is 1. The lowest BCUT2D eigenvalue weighted by molar-refractivity contribution is -0.137. The van der Waals surface area contributed by atoms with E-state index in [0.717, 1.165) is 6.07 Å². The molecule has 90 valence electrons. The van der Waals surface area contributed by atoms with Gasteiger partial charge in [-0.15, -0.1) is 0 Å². The third kappa shape index (κ3) is 1.98. The molecule has 2 rings (SSSR count). The summed E-state index contributed by atoms with van der Waals surface area (Å²) < 4.78 is 43.2. The minimum Gasteiger partial charge on any atom is -0.367 e. The minimum absolute atomic E-state index is 0.0127. The molecule has 0 aliphatic rings. The van der Waals surface area contributed by atoms with E-state index in [1.54, 1.807) is 13.0 Å². The van der Waals surface area contributed by atoms with Crippen LogP contribution in [0.5, 0.6) is 0 Å².